The number of rotatable bonds is 9. The lowest BCUT2D eigenvalue weighted by Gasteiger charge is -2.23. The summed E-state index contributed by atoms with van der Waals surface area (Å²) in [6.45, 7) is 3.74. The zero-order chi connectivity index (χ0) is 23.0. The number of amides is 2. The van der Waals surface area contributed by atoms with Crippen molar-refractivity contribution in [3.05, 3.63) is 53.6 Å². The van der Waals surface area contributed by atoms with Gasteiger partial charge in [0.15, 0.2) is 11.5 Å². The van der Waals surface area contributed by atoms with E-state index in [1.807, 2.05) is 6.92 Å². The van der Waals surface area contributed by atoms with E-state index in [-0.39, 0.29) is 5.56 Å². The fourth-order valence-electron chi connectivity index (χ4n) is 2.73. The van der Waals surface area contributed by atoms with Gasteiger partial charge in [-0.1, -0.05) is 25.1 Å². The first-order chi connectivity index (χ1) is 14.7. The van der Waals surface area contributed by atoms with Crippen molar-refractivity contribution in [3.63, 3.8) is 0 Å². The van der Waals surface area contributed by atoms with Gasteiger partial charge in [-0.15, -0.1) is 0 Å². The molecular weight excluding hydrogens is 422 g/mol. The van der Waals surface area contributed by atoms with Gasteiger partial charge in [0.2, 0.25) is 10.0 Å². The second-order valence-corrected chi connectivity index (χ2v) is 8.68. The van der Waals surface area contributed by atoms with Gasteiger partial charge >= 0.3 is 0 Å². The molecule has 9 nitrogen and oxygen atoms in total. The molecule has 0 radical (unpaired) electrons. The molecule has 0 saturated carbocycles. The molecule has 0 spiro atoms. The van der Waals surface area contributed by atoms with E-state index >= 15 is 0 Å². The third-order valence-corrected chi connectivity index (χ3v) is 5.40. The van der Waals surface area contributed by atoms with Crippen LogP contribution in [0, 0.1) is 6.92 Å². The molecule has 0 aliphatic rings. The van der Waals surface area contributed by atoms with Crippen molar-refractivity contribution < 1.29 is 27.5 Å². The first-order valence-corrected chi connectivity index (χ1v) is 11.5. The van der Waals surface area contributed by atoms with Crippen molar-refractivity contribution >= 4 is 27.5 Å². The van der Waals surface area contributed by atoms with Crippen molar-refractivity contribution in [2.24, 2.45) is 0 Å². The minimum absolute atomic E-state index is 0.236. The maximum atomic E-state index is 12.4. The number of hydrogen-bond donors (Lipinski definition) is 2. The highest BCUT2D eigenvalue weighted by Crippen LogP contribution is 2.28. The van der Waals surface area contributed by atoms with E-state index in [0.29, 0.717) is 29.4 Å². The van der Waals surface area contributed by atoms with Crippen LogP contribution in [0.1, 0.15) is 29.3 Å². The molecule has 0 atom stereocenters. The Bertz CT molecular complexity index is 1040. The van der Waals surface area contributed by atoms with Gasteiger partial charge in [-0.3, -0.25) is 24.7 Å². The number of ether oxygens (including phenoxy) is 2. The van der Waals surface area contributed by atoms with Crippen LogP contribution in [-0.4, -0.2) is 46.7 Å². The average Bonchev–Trinajstić information content (AvgIpc) is 2.74. The SMILES string of the molecule is CCCOc1ccc(C(=O)NNC(=O)CN(c2ccccc2C)S(C)(=O)=O)cc1OC. The number of sulfonamides is 1. The molecule has 0 aromatic heterocycles. The largest absolute Gasteiger partial charge is 0.493 e. The lowest BCUT2D eigenvalue weighted by Crippen LogP contribution is -2.47. The second-order valence-electron chi connectivity index (χ2n) is 6.77. The van der Waals surface area contributed by atoms with Crippen LogP contribution in [0.4, 0.5) is 5.69 Å². The number of benzene rings is 2. The monoisotopic (exact) mass is 449 g/mol. The van der Waals surface area contributed by atoms with Crippen molar-refractivity contribution in [1.29, 1.82) is 0 Å². The Labute approximate surface area is 182 Å². The number of para-hydroxylation sites is 1. The summed E-state index contributed by atoms with van der Waals surface area (Å²) in [7, 11) is -2.26. The summed E-state index contributed by atoms with van der Waals surface area (Å²) in [5.41, 5.74) is 5.84. The van der Waals surface area contributed by atoms with Gasteiger partial charge in [-0.05, 0) is 43.2 Å². The van der Waals surface area contributed by atoms with Crippen LogP contribution < -0.4 is 24.6 Å². The van der Waals surface area contributed by atoms with E-state index in [0.717, 1.165) is 17.0 Å². The number of carbonyl (C=O) groups is 2. The van der Waals surface area contributed by atoms with Crippen LogP contribution in [0.3, 0.4) is 0 Å². The predicted octanol–water partition coefficient (Wildman–Crippen LogP) is 2.02. The Morgan fingerprint density at radius 2 is 1.77 bits per heavy atom. The van der Waals surface area contributed by atoms with Crippen LogP contribution in [0.2, 0.25) is 0 Å². The quantitative estimate of drug-likeness (QED) is 0.566. The van der Waals surface area contributed by atoms with Crippen LogP contribution in [-0.2, 0) is 14.8 Å². The number of nitrogens with zero attached hydrogens (tertiary/aromatic N) is 1. The molecule has 2 amide bonds. The lowest BCUT2D eigenvalue weighted by molar-refractivity contribution is -0.120. The third-order valence-electron chi connectivity index (χ3n) is 4.27. The molecule has 168 valence electrons. The van der Waals surface area contributed by atoms with Crippen LogP contribution >= 0.6 is 0 Å². The number of hydrogen-bond acceptors (Lipinski definition) is 6. The van der Waals surface area contributed by atoms with Crippen molar-refractivity contribution in [3.8, 4) is 11.5 Å². The number of nitrogens with one attached hydrogen (secondary N) is 2. The van der Waals surface area contributed by atoms with Gasteiger partial charge in [0, 0.05) is 5.56 Å². The summed E-state index contributed by atoms with van der Waals surface area (Å²) in [5, 5.41) is 0. The Hall–Kier alpha value is -3.27. The zero-order valence-corrected chi connectivity index (χ0v) is 18.8. The smallest absolute Gasteiger partial charge is 0.269 e. The van der Waals surface area contributed by atoms with Crippen LogP contribution in [0.15, 0.2) is 42.5 Å². The van der Waals surface area contributed by atoms with Gasteiger partial charge in [0.25, 0.3) is 11.8 Å². The van der Waals surface area contributed by atoms with E-state index in [1.165, 1.54) is 19.2 Å². The Kier molecular flexibility index (Phi) is 8.26. The summed E-state index contributed by atoms with van der Waals surface area (Å²) in [6, 6.07) is 11.4. The molecular formula is C21H27N3O6S. The van der Waals surface area contributed by atoms with Crippen molar-refractivity contribution in [2.75, 3.05) is 30.8 Å². The summed E-state index contributed by atoms with van der Waals surface area (Å²) in [5.74, 6) is -0.394. The number of hydrazine groups is 1. The number of methoxy groups -OCH3 is 1. The predicted molar refractivity (Wildman–Crippen MR) is 118 cm³/mol. The lowest BCUT2D eigenvalue weighted by atomic mass is 10.2. The van der Waals surface area contributed by atoms with E-state index < -0.39 is 28.4 Å². The summed E-state index contributed by atoms with van der Waals surface area (Å²) in [6.07, 6.45) is 1.84. The first-order valence-electron chi connectivity index (χ1n) is 9.60. The number of anilines is 1. The fourth-order valence-corrected chi connectivity index (χ4v) is 3.65. The Morgan fingerprint density at radius 1 is 1.06 bits per heavy atom. The topological polar surface area (TPSA) is 114 Å². The summed E-state index contributed by atoms with van der Waals surface area (Å²) >= 11 is 0. The molecule has 0 bridgehead atoms. The van der Waals surface area contributed by atoms with Gasteiger partial charge < -0.3 is 9.47 Å². The van der Waals surface area contributed by atoms with Crippen molar-refractivity contribution in [2.45, 2.75) is 20.3 Å². The molecule has 2 aromatic carbocycles. The molecule has 31 heavy (non-hydrogen) atoms. The first kappa shape index (κ1) is 24.0. The molecule has 0 saturated heterocycles. The minimum atomic E-state index is -3.72. The maximum absolute atomic E-state index is 12.4. The van der Waals surface area contributed by atoms with Gasteiger partial charge in [-0.2, -0.15) is 0 Å². The average molecular weight is 450 g/mol. The zero-order valence-electron chi connectivity index (χ0n) is 18.0. The van der Waals surface area contributed by atoms with E-state index in [1.54, 1.807) is 37.3 Å². The van der Waals surface area contributed by atoms with Gasteiger partial charge in [-0.25, -0.2) is 8.42 Å². The van der Waals surface area contributed by atoms with Crippen molar-refractivity contribution in [1.82, 2.24) is 10.9 Å². The third kappa shape index (κ3) is 6.61. The molecule has 2 rings (SSSR count). The highest BCUT2D eigenvalue weighted by Gasteiger charge is 2.22. The second kappa shape index (κ2) is 10.7. The molecule has 2 N–H and O–H groups in total. The van der Waals surface area contributed by atoms with E-state index in [2.05, 4.69) is 10.9 Å². The van der Waals surface area contributed by atoms with Crippen LogP contribution in [0.5, 0.6) is 11.5 Å². The Balaban J connectivity index is 2.06. The maximum Gasteiger partial charge on any atom is 0.269 e. The molecule has 0 heterocycles. The fraction of sp³-hybridized carbons (Fsp3) is 0.333. The molecule has 0 aliphatic carbocycles. The molecule has 0 unspecified atom stereocenters. The normalized spacial score (nSPS) is 10.8. The Morgan fingerprint density at radius 3 is 2.39 bits per heavy atom. The standard InChI is InChI=1S/C21H27N3O6S/c1-5-12-30-18-11-10-16(13-19(18)29-3)21(26)23-22-20(25)14-24(31(4,27)28)17-9-7-6-8-15(17)2/h6-11,13H,5,12,14H2,1-4H3,(H,22,25)(H,23,26). The summed E-state index contributed by atoms with van der Waals surface area (Å²) < 4.78 is 36.1. The number of carbonyl (C=O) groups excluding carboxylic acids is 2. The highest BCUT2D eigenvalue weighted by molar-refractivity contribution is 7.92. The highest BCUT2D eigenvalue weighted by atomic mass is 32.2. The van der Waals surface area contributed by atoms with Crippen LogP contribution in [0.25, 0.3) is 0 Å². The minimum Gasteiger partial charge on any atom is -0.493 e. The summed E-state index contributed by atoms with van der Waals surface area (Å²) in [4.78, 5) is 24.7. The molecule has 2 aromatic rings. The van der Waals surface area contributed by atoms with Gasteiger partial charge in [0.1, 0.15) is 6.54 Å². The van der Waals surface area contributed by atoms with E-state index in [4.69, 9.17) is 9.47 Å². The number of aryl methyl sites for hydroxylation is 1. The molecule has 10 heteroatoms. The van der Waals surface area contributed by atoms with Gasteiger partial charge in [0.05, 0.1) is 25.7 Å². The van der Waals surface area contributed by atoms with E-state index in [9.17, 15) is 18.0 Å². The molecule has 0 fully saturated rings. The molecule has 0 aliphatic heterocycles.